The van der Waals surface area contributed by atoms with E-state index in [2.05, 4.69) is 10.2 Å². The molecule has 1 aromatic rings. The standard InChI is InChI=1S/C15H21N3O4/c1-11(6-9-19)16-15(20)13-10-12(18(21)22)4-5-14(13)17-7-2-3-8-17/h4-5,10-11,19H,2-3,6-9H2,1H3,(H,16,20). The van der Waals surface area contributed by atoms with Gasteiger partial charge in [0.1, 0.15) is 0 Å². The molecule has 1 unspecified atom stereocenters. The Kier molecular flexibility index (Phi) is 5.32. The topological polar surface area (TPSA) is 95.7 Å². The molecule has 0 aliphatic carbocycles. The highest BCUT2D eigenvalue weighted by atomic mass is 16.6. The molecule has 1 amide bonds. The van der Waals surface area contributed by atoms with Gasteiger partial charge in [0.2, 0.25) is 0 Å². The largest absolute Gasteiger partial charge is 0.396 e. The summed E-state index contributed by atoms with van der Waals surface area (Å²) in [6, 6.07) is 4.22. The Hall–Kier alpha value is -2.15. The maximum atomic E-state index is 12.4. The Morgan fingerprint density at radius 1 is 1.45 bits per heavy atom. The van der Waals surface area contributed by atoms with Gasteiger partial charge < -0.3 is 15.3 Å². The summed E-state index contributed by atoms with van der Waals surface area (Å²) in [6.07, 6.45) is 2.55. The van der Waals surface area contributed by atoms with Gasteiger partial charge in [-0.25, -0.2) is 0 Å². The van der Waals surface area contributed by atoms with Crippen molar-refractivity contribution in [2.45, 2.75) is 32.2 Å². The van der Waals surface area contributed by atoms with Crippen LogP contribution in [0.15, 0.2) is 18.2 Å². The first-order valence-electron chi connectivity index (χ1n) is 7.48. The van der Waals surface area contributed by atoms with Crippen LogP contribution in [0, 0.1) is 10.1 Å². The first-order valence-corrected chi connectivity index (χ1v) is 7.48. The summed E-state index contributed by atoms with van der Waals surface area (Å²) >= 11 is 0. The molecule has 1 atom stereocenters. The molecule has 1 heterocycles. The molecule has 120 valence electrons. The Morgan fingerprint density at radius 3 is 2.73 bits per heavy atom. The van der Waals surface area contributed by atoms with E-state index in [0.29, 0.717) is 12.0 Å². The first kappa shape index (κ1) is 16.2. The molecule has 1 fully saturated rings. The number of nitrogens with one attached hydrogen (secondary N) is 1. The summed E-state index contributed by atoms with van der Waals surface area (Å²) in [7, 11) is 0. The monoisotopic (exact) mass is 307 g/mol. The van der Waals surface area contributed by atoms with Crippen molar-refractivity contribution in [1.82, 2.24) is 5.32 Å². The van der Waals surface area contributed by atoms with Gasteiger partial charge in [0.05, 0.1) is 16.2 Å². The van der Waals surface area contributed by atoms with Crippen molar-refractivity contribution < 1.29 is 14.8 Å². The lowest BCUT2D eigenvalue weighted by atomic mass is 10.1. The number of amides is 1. The zero-order valence-electron chi connectivity index (χ0n) is 12.6. The Morgan fingerprint density at radius 2 is 2.14 bits per heavy atom. The van der Waals surface area contributed by atoms with E-state index in [1.54, 1.807) is 13.0 Å². The van der Waals surface area contributed by atoms with Gasteiger partial charge in [0.25, 0.3) is 11.6 Å². The quantitative estimate of drug-likeness (QED) is 0.616. The summed E-state index contributed by atoms with van der Waals surface area (Å²) in [5.74, 6) is -0.341. The van der Waals surface area contributed by atoms with Crippen LogP contribution in [0.4, 0.5) is 11.4 Å². The molecule has 1 saturated heterocycles. The van der Waals surface area contributed by atoms with E-state index in [9.17, 15) is 14.9 Å². The van der Waals surface area contributed by atoms with Crippen LogP contribution in [0.2, 0.25) is 0 Å². The van der Waals surface area contributed by atoms with Crippen molar-refractivity contribution in [2.75, 3.05) is 24.6 Å². The van der Waals surface area contributed by atoms with E-state index >= 15 is 0 Å². The second kappa shape index (κ2) is 7.22. The molecule has 1 aliphatic heterocycles. The number of anilines is 1. The van der Waals surface area contributed by atoms with Crippen molar-refractivity contribution in [3.8, 4) is 0 Å². The summed E-state index contributed by atoms with van der Waals surface area (Å²) in [4.78, 5) is 25.0. The third-order valence-corrected chi connectivity index (χ3v) is 3.82. The van der Waals surface area contributed by atoms with Crippen LogP contribution in [0.25, 0.3) is 0 Å². The first-order chi connectivity index (χ1) is 10.5. The molecule has 1 aromatic carbocycles. The highest BCUT2D eigenvalue weighted by Gasteiger charge is 2.23. The van der Waals surface area contributed by atoms with Gasteiger partial charge in [-0.3, -0.25) is 14.9 Å². The molecular weight excluding hydrogens is 286 g/mol. The average molecular weight is 307 g/mol. The van der Waals surface area contributed by atoms with E-state index in [4.69, 9.17) is 5.11 Å². The van der Waals surface area contributed by atoms with E-state index in [1.165, 1.54) is 12.1 Å². The van der Waals surface area contributed by atoms with Crippen molar-refractivity contribution in [1.29, 1.82) is 0 Å². The SMILES string of the molecule is CC(CCO)NC(=O)c1cc([N+](=O)[O-])ccc1N1CCCC1. The van der Waals surface area contributed by atoms with Crippen LogP contribution < -0.4 is 10.2 Å². The van der Waals surface area contributed by atoms with Gasteiger partial charge in [0.15, 0.2) is 0 Å². The summed E-state index contributed by atoms with van der Waals surface area (Å²) in [5.41, 5.74) is 0.959. The van der Waals surface area contributed by atoms with Crippen LogP contribution in [-0.4, -0.2) is 41.7 Å². The molecule has 1 aliphatic rings. The molecule has 7 heteroatoms. The zero-order chi connectivity index (χ0) is 16.1. The predicted octanol–water partition coefficient (Wildman–Crippen LogP) is 1.70. The number of carbonyl (C=O) groups is 1. The van der Waals surface area contributed by atoms with Crippen molar-refractivity contribution in [2.24, 2.45) is 0 Å². The number of benzene rings is 1. The normalized spacial score (nSPS) is 15.6. The number of rotatable bonds is 6. The average Bonchev–Trinajstić information content (AvgIpc) is 3.00. The number of carbonyl (C=O) groups excluding carboxylic acids is 1. The Labute approximate surface area is 129 Å². The molecule has 0 spiro atoms. The van der Waals surface area contributed by atoms with E-state index in [1.807, 2.05) is 0 Å². The highest BCUT2D eigenvalue weighted by Crippen LogP contribution is 2.28. The molecule has 0 aromatic heterocycles. The number of aliphatic hydroxyl groups excluding tert-OH is 1. The van der Waals surface area contributed by atoms with Crippen molar-refractivity contribution in [3.05, 3.63) is 33.9 Å². The fraction of sp³-hybridized carbons (Fsp3) is 0.533. The van der Waals surface area contributed by atoms with Gasteiger partial charge in [-0.15, -0.1) is 0 Å². The maximum absolute atomic E-state index is 12.4. The van der Waals surface area contributed by atoms with E-state index < -0.39 is 4.92 Å². The lowest BCUT2D eigenvalue weighted by molar-refractivity contribution is -0.384. The minimum absolute atomic E-state index is 0.0185. The Balaban J connectivity index is 2.30. The number of aliphatic hydroxyl groups is 1. The van der Waals surface area contributed by atoms with Crippen LogP contribution in [0.5, 0.6) is 0 Å². The molecule has 2 rings (SSSR count). The van der Waals surface area contributed by atoms with Gasteiger partial charge in [-0.1, -0.05) is 0 Å². The van der Waals surface area contributed by atoms with Crippen LogP contribution >= 0.6 is 0 Å². The molecular formula is C15H21N3O4. The molecule has 0 radical (unpaired) electrons. The van der Waals surface area contributed by atoms with Crippen molar-refractivity contribution >= 4 is 17.3 Å². The fourth-order valence-corrected chi connectivity index (χ4v) is 2.62. The third kappa shape index (κ3) is 3.73. The molecule has 0 bridgehead atoms. The van der Waals surface area contributed by atoms with Gasteiger partial charge in [0, 0.05) is 37.9 Å². The highest BCUT2D eigenvalue weighted by molar-refractivity contribution is 6.00. The predicted molar refractivity (Wildman–Crippen MR) is 83.2 cm³/mol. The number of nitrogens with zero attached hydrogens (tertiary/aromatic N) is 2. The second-order valence-corrected chi connectivity index (χ2v) is 5.54. The Bertz CT molecular complexity index is 556. The van der Waals surface area contributed by atoms with Crippen LogP contribution in [0.1, 0.15) is 36.5 Å². The van der Waals surface area contributed by atoms with Gasteiger partial charge in [-0.05, 0) is 32.3 Å². The van der Waals surface area contributed by atoms with Gasteiger partial charge in [-0.2, -0.15) is 0 Å². The van der Waals surface area contributed by atoms with E-state index in [-0.39, 0.29) is 24.2 Å². The second-order valence-electron chi connectivity index (χ2n) is 5.54. The van der Waals surface area contributed by atoms with E-state index in [0.717, 1.165) is 31.6 Å². The third-order valence-electron chi connectivity index (χ3n) is 3.82. The lowest BCUT2D eigenvalue weighted by Crippen LogP contribution is -2.34. The number of hydrogen-bond donors (Lipinski definition) is 2. The fourth-order valence-electron chi connectivity index (χ4n) is 2.62. The molecule has 2 N–H and O–H groups in total. The number of non-ortho nitro benzene ring substituents is 1. The van der Waals surface area contributed by atoms with Crippen LogP contribution in [0.3, 0.4) is 0 Å². The minimum Gasteiger partial charge on any atom is -0.396 e. The number of hydrogen-bond acceptors (Lipinski definition) is 5. The smallest absolute Gasteiger partial charge is 0.270 e. The zero-order valence-corrected chi connectivity index (χ0v) is 12.6. The number of nitro benzene ring substituents is 1. The maximum Gasteiger partial charge on any atom is 0.270 e. The van der Waals surface area contributed by atoms with Gasteiger partial charge >= 0.3 is 0 Å². The lowest BCUT2D eigenvalue weighted by Gasteiger charge is -2.22. The molecule has 0 saturated carbocycles. The summed E-state index contributed by atoms with van der Waals surface area (Å²) in [5, 5.41) is 22.7. The molecule has 22 heavy (non-hydrogen) atoms. The minimum atomic E-state index is -0.498. The number of nitro groups is 1. The summed E-state index contributed by atoms with van der Waals surface area (Å²) in [6.45, 7) is 3.48. The summed E-state index contributed by atoms with van der Waals surface area (Å²) < 4.78 is 0. The van der Waals surface area contributed by atoms with Crippen LogP contribution in [-0.2, 0) is 0 Å². The molecule has 7 nitrogen and oxygen atoms in total. The van der Waals surface area contributed by atoms with Crippen molar-refractivity contribution in [3.63, 3.8) is 0 Å².